The van der Waals surface area contributed by atoms with Gasteiger partial charge < -0.3 is 10.2 Å². The maximum absolute atomic E-state index is 12.2. The molecule has 2 fully saturated rings. The third-order valence-electron chi connectivity index (χ3n) is 5.23. The normalized spacial score (nSPS) is 17.4. The molecule has 2 aromatic rings. The van der Waals surface area contributed by atoms with E-state index in [0.29, 0.717) is 24.6 Å². The number of carbonyl (C=O) groups excluding carboxylic acids is 2. The Kier molecular flexibility index (Phi) is 5.90. The fourth-order valence-electron chi connectivity index (χ4n) is 3.76. The Bertz CT molecular complexity index is 831. The zero-order valence-corrected chi connectivity index (χ0v) is 16.5. The molecule has 0 atom stereocenters. The Labute approximate surface area is 168 Å². The number of nitrogens with one attached hydrogen (secondary N) is 1. The van der Waals surface area contributed by atoms with Gasteiger partial charge in [-0.25, -0.2) is 4.68 Å². The SMILES string of the molecule is O=C(CCSc1nnnn1C1CCCC1)Nc1ccc(N2CCCC2=O)cc1. The van der Waals surface area contributed by atoms with E-state index in [9.17, 15) is 9.59 Å². The molecule has 0 bridgehead atoms. The number of amides is 2. The first-order valence-electron chi connectivity index (χ1n) is 9.81. The number of rotatable bonds is 7. The highest BCUT2D eigenvalue weighted by molar-refractivity contribution is 7.99. The van der Waals surface area contributed by atoms with E-state index in [1.54, 1.807) is 4.90 Å². The molecule has 1 aromatic carbocycles. The van der Waals surface area contributed by atoms with E-state index >= 15 is 0 Å². The first-order chi connectivity index (χ1) is 13.7. The molecule has 8 nitrogen and oxygen atoms in total. The zero-order chi connectivity index (χ0) is 19.3. The molecule has 0 radical (unpaired) electrons. The summed E-state index contributed by atoms with van der Waals surface area (Å²) in [6.45, 7) is 0.766. The van der Waals surface area contributed by atoms with Crippen molar-refractivity contribution < 1.29 is 9.59 Å². The zero-order valence-electron chi connectivity index (χ0n) is 15.7. The lowest BCUT2D eigenvalue weighted by Gasteiger charge is -2.16. The quantitative estimate of drug-likeness (QED) is 0.718. The standard InChI is InChI=1S/C19H24N6O2S/c26-17(11-13-28-19-21-22-23-25(19)16-4-1-2-5-16)20-14-7-9-15(10-8-14)24-12-3-6-18(24)27/h7-10,16H,1-6,11-13H2,(H,20,26). The monoisotopic (exact) mass is 400 g/mol. The number of hydrogen-bond donors (Lipinski definition) is 1. The van der Waals surface area contributed by atoms with Gasteiger partial charge in [0, 0.05) is 36.5 Å². The molecule has 1 saturated heterocycles. The second kappa shape index (κ2) is 8.72. The van der Waals surface area contributed by atoms with E-state index in [0.717, 1.165) is 42.3 Å². The number of carbonyl (C=O) groups is 2. The van der Waals surface area contributed by atoms with E-state index in [2.05, 4.69) is 20.8 Å². The van der Waals surface area contributed by atoms with Crippen molar-refractivity contribution in [3.8, 4) is 0 Å². The highest BCUT2D eigenvalue weighted by Crippen LogP contribution is 2.31. The molecular weight excluding hydrogens is 376 g/mol. The van der Waals surface area contributed by atoms with Crippen molar-refractivity contribution in [1.29, 1.82) is 0 Å². The molecule has 2 aliphatic rings. The molecule has 2 heterocycles. The second-order valence-electron chi connectivity index (χ2n) is 7.19. The number of hydrogen-bond acceptors (Lipinski definition) is 6. The maximum atomic E-state index is 12.2. The molecule has 1 aliphatic heterocycles. The van der Waals surface area contributed by atoms with Crippen LogP contribution in [0.5, 0.6) is 0 Å². The van der Waals surface area contributed by atoms with Crippen LogP contribution in [0.25, 0.3) is 0 Å². The van der Waals surface area contributed by atoms with Crippen LogP contribution in [0.2, 0.25) is 0 Å². The molecule has 4 rings (SSSR count). The Morgan fingerprint density at radius 2 is 1.96 bits per heavy atom. The molecule has 0 unspecified atom stereocenters. The number of thioether (sulfide) groups is 1. The van der Waals surface area contributed by atoms with Crippen molar-refractivity contribution in [2.75, 3.05) is 22.5 Å². The van der Waals surface area contributed by atoms with Crippen LogP contribution in [0.3, 0.4) is 0 Å². The second-order valence-corrected chi connectivity index (χ2v) is 8.25. The van der Waals surface area contributed by atoms with Gasteiger partial charge in [-0.1, -0.05) is 24.6 Å². The van der Waals surface area contributed by atoms with Crippen molar-refractivity contribution in [2.45, 2.75) is 56.1 Å². The third kappa shape index (κ3) is 4.35. The Hall–Kier alpha value is -2.42. The number of tetrazole rings is 1. The van der Waals surface area contributed by atoms with Crippen molar-refractivity contribution in [1.82, 2.24) is 20.2 Å². The predicted octanol–water partition coefficient (Wildman–Crippen LogP) is 3.04. The number of aromatic nitrogens is 4. The van der Waals surface area contributed by atoms with Crippen LogP contribution < -0.4 is 10.2 Å². The maximum Gasteiger partial charge on any atom is 0.227 e. The summed E-state index contributed by atoms with van der Waals surface area (Å²) in [5.74, 6) is 0.741. The molecule has 1 aliphatic carbocycles. The molecule has 28 heavy (non-hydrogen) atoms. The summed E-state index contributed by atoms with van der Waals surface area (Å²) in [5, 5.41) is 15.7. The summed E-state index contributed by atoms with van der Waals surface area (Å²) in [4.78, 5) is 25.8. The predicted molar refractivity (Wildman–Crippen MR) is 107 cm³/mol. The van der Waals surface area contributed by atoms with E-state index in [-0.39, 0.29) is 11.8 Å². The summed E-state index contributed by atoms with van der Waals surface area (Å²) in [6, 6.07) is 7.83. The largest absolute Gasteiger partial charge is 0.326 e. The minimum atomic E-state index is -0.0441. The van der Waals surface area contributed by atoms with E-state index in [1.807, 2.05) is 28.9 Å². The highest BCUT2D eigenvalue weighted by Gasteiger charge is 2.22. The molecule has 1 saturated carbocycles. The van der Waals surface area contributed by atoms with Crippen molar-refractivity contribution >= 4 is 35.0 Å². The van der Waals surface area contributed by atoms with Gasteiger partial charge in [0.25, 0.3) is 0 Å². The first kappa shape index (κ1) is 18.9. The van der Waals surface area contributed by atoms with Crippen LogP contribution in [-0.2, 0) is 9.59 Å². The molecule has 1 N–H and O–H groups in total. The number of anilines is 2. The lowest BCUT2D eigenvalue weighted by Crippen LogP contribution is -2.23. The van der Waals surface area contributed by atoms with Crippen LogP contribution in [-0.4, -0.2) is 44.3 Å². The van der Waals surface area contributed by atoms with Gasteiger partial charge in [0.05, 0.1) is 6.04 Å². The lowest BCUT2D eigenvalue weighted by molar-refractivity contribution is -0.117. The smallest absolute Gasteiger partial charge is 0.227 e. The van der Waals surface area contributed by atoms with Crippen LogP contribution in [0.4, 0.5) is 11.4 Å². The Morgan fingerprint density at radius 3 is 2.68 bits per heavy atom. The van der Waals surface area contributed by atoms with Gasteiger partial charge in [0.15, 0.2) is 0 Å². The first-order valence-corrected chi connectivity index (χ1v) is 10.8. The van der Waals surface area contributed by atoms with Gasteiger partial charge in [0.2, 0.25) is 17.0 Å². The Morgan fingerprint density at radius 1 is 1.18 bits per heavy atom. The van der Waals surface area contributed by atoms with Crippen LogP contribution >= 0.6 is 11.8 Å². The Balaban J connectivity index is 1.25. The average Bonchev–Trinajstić information content (AvgIpc) is 3.43. The molecule has 1 aromatic heterocycles. The summed E-state index contributed by atoms with van der Waals surface area (Å²) >= 11 is 1.52. The number of benzene rings is 1. The van der Waals surface area contributed by atoms with Gasteiger partial charge in [-0.15, -0.1) is 5.10 Å². The van der Waals surface area contributed by atoms with Gasteiger partial charge in [-0.2, -0.15) is 0 Å². The third-order valence-corrected chi connectivity index (χ3v) is 6.16. The lowest BCUT2D eigenvalue weighted by atomic mass is 10.2. The van der Waals surface area contributed by atoms with Crippen molar-refractivity contribution in [3.05, 3.63) is 24.3 Å². The van der Waals surface area contributed by atoms with Crippen LogP contribution in [0.15, 0.2) is 29.4 Å². The molecule has 2 amide bonds. The summed E-state index contributed by atoms with van der Waals surface area (Å²) in [5.41, 5.74) is 1.62. The van der Waals surface area contributed by atoms with E-state index in [1.165, 1.54) is 24.6 Å². The fourth-order valence-corrected chi connectivity index (χ4v) is 4.64. The fraction of sp³-hybridized carbons (Fsp3) is 0.526. The summed E-state index contributed by atoms with van der Waals surface area (Å²) < 4.78 is 1.91. The van der Waals surface area contributed by atoms with Gasteiger partial charge in [-0.3, -0.25) is 9.59 Å². The molecule has 0 spiro atoms. The molecule has 148 valence electrons. The van der Waals surface area contributed by atoms with E-state index in [4.69, 9.17) is 0 Å². The average molecular weight is 401 g/mol. The summed E-state index contributed by atoms with van der Waals surface area (Å²) in [7, 11) is 0. The minimum absolute atomic E-state index is 0.0441. The van der Waals surface area contributed by atoms with Crippen LogP contribution in [0, 0.1) is 0 Å². The number of nitrogens with zero attached hydrogens (tertiary/aromatic N) is 5. The van der Waals surface area contributed by atoms with Gasteiger partial charge in [0.1, 0.15) is 0 Å². The summed E-state index contributed by atoms with van der Waals surface area (Å²) in [6.07, 6.45) is 6.59. The van der Waals surface area contributed by atoms with Gasteiger partial charge >= 0.3 is 0 Å². The highest BCUT2D eigenvalue weighted by atomic mass is 32.2. The van der Waals surface area contributed by atoms with Crippen molar-refractivity contribution in [2.24, 2.45) is 0 Å². The molecular formula is C19H24N6O2S. The topological polar surface area (TPSA) is 93.0 Å². The van der Waals surface area contributed by atoms with Gasteiger partial charge in [-0.05, 0) is 54.0 Å². The van der Waals surface area contributed by atoms with E-state index < -0.39 is 0 Å². The van der Waals surface area contributed by atoms with Crippen molar-refractivity contribution in [3.63, 3.8) is 0 Å². The molecule has 9 heteroatoms. The van der Waals surface area contributed by atoms with Crippen LogP contribution in [0.1, 0.15) is 51.0 Å². The minimum Gasteiger partial charge on any atom is -0.326 e.